The lowest BCUT2D eigenvalue weighted by Crippen LogP contribution is -2.17. The molecule has 0 heterocycles. The van der Waals surface area contributed by atoms with Crippen molar-refractivity contribution in [2.24, 2.45) is 0 Å². The van der Waals surface area contributed by atoms with Crippen LogP contribution in [0.2, 0.25) is 0 Å². The van der Waals surface area contributed by atoms with Gasteiger partial charge in [-0.25, -0.2) is 0 Å². The van der Waals surface area contributed by atoms with E-state index in [2.05, 4.69) is 53.3 Å². The third-order valence-electron chi connectivity index (χ3n) is 2.06. The van der Waals surface area contributed by atoms with Crippen LogP contribution in [0.3, 0.4) is 0 Å². The van der Waals surface area contributed by atoms with Crippen LogP contribution in [-0.4, -0.2) is 12.1 Å². The van der Waals surface area contributed by atoms with Crippen molar-refractivity contribution in [3.8, 4) is 0 Å². The summed E-state index contributed by atoms with van der Waals surface area (Å²) in [6, 6.07) is 16.7. The van der Waals surface area contributed by atoms with Gasteiger partial charge in [-0.3, -0.25) is 4.79 Å². The van der Waals surface area contributed by atoms with Gasteiger partial charge in [0.25, 0.3) is 6.47 Å². The van der Waals surface area contributed by atoms with Gasteiger partial charge < -0.3 is 4.74 Å². The number of hydrogen-bond donors (Lipinski definition) is 0. The van der Waals surface area contributed by atoms with Crippen LogP contribution in [-0.2, 0) is 9.53 Å². The van der Waals surface area contributed by atoms with Crippen molar-refractivity contribution >= 4 is 17.2 Å². The monoisotopic (exact) mass is 230 g/mol. The second kappa shape index (κ2) is 6.04. The van der Waals surface area contributed by atoms with Crippen molar-refractivity contribution in [1.82, 2.24) is 0 Å². The lowest BCUT2D eigenvalue weighted by Gasteiger charge is -2.14. The SMILES string of the molecule is CC(C)(C)OC=O.c1ccc2ccccc2c1. The summed E-state index contributed by atoms with van der Waals surface area (Å²) in [5.74, 6) is 0. The molecule has 0 N–H and O–H groups in total. The van der Waals surface area contributed by atoms with Crippen LogP contribution < -0.4 is 0 Å². The first kappa shape index (κ1) is 13.2. The zero-order valence-electron chi connectivity index (χ0n) is 10.5. The Morgan fingerprint density at radius 1 is 0.882 bits per heavy atom. The molecule has 0 saturated carbocycles. The van der Waals surface area contributed by atoms with Crippen LogP contribution in [0.5, 0.6) is 0 Å². The fraction of sp³-hybridized carbons (Fsp3) is 0.267. The number of ether oxygens (including phenoxy) is 1. The fourth-order valence-corrected chi connectivity index (χ4v) is 1.28. The quantitative estimate of drug-likeness (QED) is 0.696. The average molecular weight is 230 g/mol. The normalized spacial score (nSPS) is 10.3. The van der Waals surface area contributed by atoms with E-state index in [0.29, 0.717) is 6.47 Å². The summed E-state index contributed by atoms with van der Waals surface area (Å²) < 4.78 is 4.55. The maximum absolute atomic E-state index is 9.60. The molecule has 0 aliphatic heterocycles. The maximum Gasteiger partial charge on any atom is 0.293 e. The third kappa shape index (κ3) is 5.16. The van der Waals surface area contributed by atoms with E-state index < -0.39 is 0 Å². The van der Waals surface area contributed by atoms with Gasteiger partial charge in [0.1, 0.15) is 5.60 Å². The Morgan fingerprint density at radius 3 is 1.41 bits per heavy atom. The molecule has 0 aromatic heterocycles. The lowest BCUT2D eigenvalue weighted by atomic mass is 10.1. The largest absolute Gasteiger partial charge is 0.462 e. The van der Waals surface area contributed by atoms with E-state index in [1.54, 1.807) is 0 Å². The van der Waals surface area contributed by atoms with Crippen molar-refractivity contribution in [1.29, 1.82) is 0 Å². The highest BCUT2D eigenvalue weighted by atomic mass is 16.5. The van der Waals surface area contributed by atoms with Gasteiger partial charge in [0.2, 0.25) is 0 Å². The first-order valence-electron chi connectivity index (χ1n) is 5.58. The van der Waals surface area contributed by atoms with Crippen molar-refractivity contribution < 1.29 is 9.53 Å². The molecule has 0 aliphatic carbocycles. The molecule has 2 aromatic rings. The smallest absolute Gasteiger partial charge is 0.293 e. The van der Waals surface area contributed by atoms with Crippen LogP contribution >= 0.6 is 0 Å². The van der Waals surface area contributed by atoms with Crippen LogP contribution in [0.15, 0.2) is 48.5 Å². The number of benzene rings is 2. The van der Waals surface area contributed by atoms with E-state index in [9.17, 15) is 4.79 Å². The molecule has 90 valence electrons. The highest BCUT2D eigenvalue weighted by Gasteiger charge is 2.07. The van der Waals surface area contributed by atoms with E-state index >= 15 is 0 Å². The van der Waals surface area contributed by atoms with Gasteiger partial charge in [-0.15, -0.1) is 0 Å². The number of hydrogen-bond acceptors (Lipinski definition) is 2. The Balaban J connectivity index is 0.000000185. The Bertz CT molecular complexity index is 404. The molecule has 0 aliphatic rings. The highest BCUT2D eigenvalue weighted by molar-refractivity contribution is 5.81. The Labute approximate surface area is 102 Å². The summed E-state index contributed by atoms with van der Waals surface area (Å²) in [5, 5.41) is 2.62. The van der Waals surface area contributed by atoms with Gasteiger partial charge in [0, 0.05) is 0 Å². The van der Waals surface area contributed by atoms with E-state index in [4.69, 9.17) is 0 Å². The average Bonchev–Trinajstić information content (AvgIpc) is 2.28. The van der Waals surface area contributed by atoms with E-state index in [1.165, 1.54) is 10.8 Å². The summed E-state index contributed by atoms with van der Waals surface area (Å²) >= 11 is 0. The van der Waals surface area contributed by atoms with Crippen LogP contribution in [0.4, 0.5) is 0 Å². The topological polar surface area (TPSA) is 26.3 Å². The fourth-order valence-electron chi connectivity index (χ4n) is 1.28. The van der Waals surface area contributed by atoms with Gasteiger partial charge >= 0.3 is 0 Å². The van der Waals surface area contributed by atoms with Crippen LogP contribution in [0.1, 0.15) is 20.8 Å². The molecule has 0 unspecified atom stereocenters. The third-order valence-corrected chi connectivity index (χ3v) is 2.06. The number of carbonyl (C=O) groups is 1. The number of carbonyl (C=O) groups excluding carboxylic acids is 1. The molecule has 0 radical (unpaired) electrons. The Kier molecular flexibility index (Phi) is 4.70. The lowest BCUT2D eigenvalue weighted by molar-refractivity contribution is -0.138. The second-order valence-electron chi connectivity index (χ2n) is 4.67. The summed E-state index contributed by atoms with van der Waals surface area (Å²) in [5.41, 5.74) is -0.318. The molecule has 2 rings (SSSR count). The molecule has 2 nitrogen and oxygen atoms in total. The van der Waals surface area contributed by atoms with E-state index in [1.807, 2.05) is 20.8 Å². The molecular formula is C15H18O2. The second-order valence-corrected chi connectivity index (χ2v) is 4.67. The first-order valence-corrected chi connectivity index (χ1v) is 5.58. The van der Waals surface area contributed by atoms with Gasteiger partial charge in [-0.2, -0.15) is 0 Å². The summed E-state index contributed by atoms with van der Waals surface area (Å²) in [6.45, 7) is 5.92. The molecule has 2 heteroatoms. The predicted molar refractivity (Wildman–Crippen MR) is 70.9 cm³/mol. The molecule has 0 amide bonds. The molecule has 0 atom stereocenters. The molecule has 0 saturated heterocycles. The van der Waals surface area contributed by atoms with Crippen molar-refractivity contribution in [2.45, 2.75) is 26.4 Å². The van der Waals surface area contributed by atoms with Gasteiger partial charge in [-0.05, 0) is 31.5 Å². The minimum Gasteiger partial charge on any atom is -0.462 e. The standard InChI is InChI=1S/C10H8.C5H10O2/c1-2-6-10-8-4-3-7-9(10)5-1;1-5(2,3)7-4-6/h1-8H;4H,1-3H3. The molecule has 0 bridgehead atoms. The maximum atomic E-state index is 9.60. The van der Waals surface area contributed by atoms with Crippen molar-refractivity contribution in [2.75, 3.05) is 0 Å². The molecular weight excluding hydrogens is 212 g/mol. The summed E-state index contributed by atoms with van der Waals surface area (Å²) in [7, 11) is 0. The molecule has 2 aromatic carbocycles. The minimum atomic E-state index is -0.318. The molecule has 0 spiro atoms. The minimum absolute atomic E-state index is 0.318. The molecule has 0 fully saturated rings. The predicted octanol–water partition coefficient (Wildman–Crippen LogP) is 3.80. The zero-order valence-corrected chi connectivity index (χ0v) is 10.5. The molecule has 17 heavy (non-hydrogen) atoms. The number of fused-ring (bicyclic) bond motifs is 1. The summed E-state index contributed by atoms with van der Waals surface area (Å²) in [4.78, 5) is 9.60. The van der Waals surface area contributed by atoms with Crippen LogP contribution in [0.25, 0.3) is 10.8 Å². The summed E-state index contributed by atoms with van der Waals surface area (Å²) in [6.07, 6.45) is 0. The van der Waals surface area contributed by atoms with Crippen LogP contribution in [0, 0.1) is 0 Å². The van der Waals surface area contributed by atoms with Gasteiger partial charge in [0.15, 0.2) is 0 Å². The van der Waals surface area contributed by atoms with Gasteiger partial charge in [-0.1, -0.05) is 48.5 Å². The van der Waals surface area contributed by atoms with Crippen molar-refractivity contribution in [3.63, 3.8) is 0 Å². The van der Waals surface area contributed by atoms with Crippen molar-refractivity contribution in [3.05, 3.63) is 48.5 Å². The highest BCUT2D eigenvalue weighted by Crippen LogP contribution is 2.11. The van der Waals surface area contributed by atoms with Gasteiger partial charge in [0.05, 0.1) is 0 Å². The zero-order chi connectivity index (χ0) is 12.7. The Morgan fingerprint density at radius 2 is 1.24 bits per heavy atom. The van der Waals surface area contributed by atoms with E-state index in [0.717, 1.165) is 0 Å². The number of rotatable bonds is 1. The van der Waals surface area contributed by atoms with E-state index in [-0.39, 0.29) is 5.60 Å². The first-order chi connectivity index (χ1) is 8.03. The Hall–Kier alpha value is -1.83.